The molecule has 196 valence electrons. The maximum Gasteiger partial charge on any atom is 0.263 e. The molecule has 0 bridgehead atoms. The van der Waals surface area contributed by atoms with Gasteiger partial charge in [-0.25, -0.2) is 0 Å². The summed E-state index contributed by atoms with van der Waals surface area (Å²) in [6, 6.07) is 25.8. The van der Waals surface area contributed by atoms with Crippen molar-refractivity contribution in [2.24, 2.45) is 0 Å². The van der Waals surface area contributed by atoms with Crippen LogP contribution in [-0.4, -0.2) is 11.8 Å². The zero-order valence-corrected chi connectivity index (χ0v) is 24.0. The van der Waals surface area contributed by atoms with Crippen LogP contribution in [0.2, 0.25) is 20.1 Å². The van der Waals surface area contributed by atoms with E-state index in [0.29, 0.717) is 43.5 Å². The molecule has 0 aromatic heterocycles. The zero-order chi connectivity index (χ0) is 27.8. The van der Waals surface area contributed by atoms with E-state index >= 15 is 0 Å². The minimum absolute atomic E-state index is 0.00815. The molecule has 4 aromatic rings. The maximum absolute atomic E-state index is 12.9. The first kappa shape index (κ1) is 27.3. The summed E-state index contributed by atoms with van der Waals surface area (Å²) in [5.41, 5.74) is 6.37. The van der Waals surface area contributed by atoms with Crippen molar-refractivity contribution in [1.82, 2.24) is 0 Å². The Hall–Kier alpha value is -3.28. The first-order valence-corrected chi connectivity index (χ1v) is 13.6. The van der Waals surface area contributed by atoms with Crippen molar-refractivity contribution in [3.05, 3.63) is 122 Å². The van der Waals surface area contributed by atoms with Gasteiger partial charge in [-0.15, -0.1) is 0 Å². The Morgan fingerprint density at radius 2 is 1.10 bits per heavy atom. The first-order valence-electron chi connectivity index (χ1n) is 12.1. The Bertz CT molecular complexity index is 1620. The van der Waals surface area contributed by atoms with Crippen LogP contribution in [0.25, 0.3) is 5.57 Å². The maximum atomic E-state index is 12.9. The number of fused-ring (bicyclic) bond motifs is 2. The van der Waals surface area contributed by atoms with E-state index in [9.17, 15) is 9.59 Å². The summed E-state index contributed by atoms with van der Waals surface area (Å²) in [7, 11) is 0. The van der Waals surface area contributed by atoms with Gasteiger partial charge in [0.15, 0.2) is 0 Å². The summed E-state index contributed by atoms with van der Waals surface area (Å²) < 4.78 is 0. The van der Waals surface area contributed by atoms with E-state index in [-0.39, 0.29) is 11.8 Å². The average molecular weight is 596 g/mol. The Morgan fingerprint density at radius 1 is 0.615 bits per heavy atom. The van der Waals surface area contributed by atoms with Crippen LogP contribution in [0.15, 0.2) is 90.5 Å². The predicted octanol–water partition coefficient (Wildman–Crippen LogP) is 9.68. The molecule has 2 aliphatic rings. The van der Waals surface area contributed by atoms with E-state index in [2.05, 4.69) is 0 Å². The molecular formula is C31H22Cl4N2O2. The summed E-state index contributed by atoms with van der Waals surface area (Å²) in [5.74, 6) is -0.0996. The van der Waals surface area contributed by atoms with Crippen molar-refractivity contribution in [2.75, 3.05) is 9.80 Å². The Labute approximate surface area is 247 Å². The second-order valence-corrected chi connectivity index (χ2v) is 10.8. The van der Waals surface area contributed by atoms with Crippen molar-refractivity contribution in [1.29, 1.82) is 0 Å². The topological polar surface area (TPSA) is 40.6 Å². The molecule has 4 nitrogen and oxygen atoms in total. The third kappa shape index (κ3) is 4.94. The third-order valence-electron chi connectivity index (χ3n) is 6.48. The van der Waals surface area contributed by atoms with E-state index < -0.39 is 0 Å². The molecule has 2 heterocycles. The number of carbonyl (C=O) groups excluding carboxylic acids is 2. The molecule has 0 saturated carbocycles. The zero-order valence-electron chi connectivity index (χ0n) is 21.0. The number of nitrogens with zero attached hydrogens (tertiary/aromatic N) is 2. The molecule has 0 N–H and O–H groups in total. The molecule has 0 spiro atoms. The predicted molar refractivity (Wildman–Crippen MR) is 162 cm³/mol. The van der Waals surface area contributed by atoms with Crippen molar-refractivity contribution in [3.63, 3.8) is 0 Å². The first-order chi connectivity index (χ1) is 18.7. The highest BCUT2D eigenvalue weighted by atomic mass is 35.5. The number of amides is 2. The van der Waals surface area contributed by atoms with Crippen LogP contribution >= 0.6 is 46.4 Å². The summed E-state index contributed by atoms with van der Waals surface area (Å²) in [4.78, 5) is 28.2. The fourth-order valence-corrected chi connectivity index (χ4v) is 5.96. The number of carbonyl (C=O) groups is 2. The SMILES string of the molecule is CC(C)=C1C(=O)N(c2c(Cl)cccc2Cl)c2ccccc21.O=C1Cc2ccccc2N1c1c(Cl)cccc1Cl. The van der Waals surface area contributed by atoms with Gasteiger partial charge in [0.1, 0.15) is 0 Å². The minimum Gasteiger partial charge on any atom is -0.277 e. The number of anilines is 4. The fraction of sp³-hybridized carbons (Fsp3) is 0.0968. The molecule has 2 amide bonds. The number of para-hydroxylation sites is 4. The fourth-order valence-electron chi connectivity index (χ4n) is 4.83. The lowest BCUT2D eigenvalue weighted by Gasteiger charge is -2.20. The summed E-state index contributed by atoms with van der Waals surface area (Å²) in [5, 5.41) is 1.88. The Morgan fingerprint density at radius 3 is 1.67 bits per heavy atom. The standard InChI is InChI=1S/C17H13Cl2NO.C14H9Cl2NO/c1-10(2)15-11-6-3-4-9-14(11)20(17(15)21)16-12(18)7-5-8-13(16)19;15-10-5-3-6-11(16)14(10)17-12-7-2-1-4-9(12)8-13(17)18/h3-9H,1-2H3;1-7H,8H2. The van der Waals surface area contributed by atoms with E-state index in [4.69, 9.17) is 46.4 Å². The molecule has 6 rings (SSSR count). The number of hydrogen-bond donors (Lipinski definition) is 0. The normalized spacial score (nSPS) is 13.7. The van der Waals surface area contributed by atoms with Gasteiger partial charge in [-0.2, -0.15) is 0 Å². The second kappa shape index (κ2) is 11.1. The van der Waals surface area contributed by atoms with Crippen molar-refractivity contribution < 1.29 is 9.59 Å². The quantitative estimate of drug-likeness (QED) is 0.216. The lowest BCUT2D eigenvalue weighted by atomic mass is 10.0. The molecule has 4 aromatic carbocycles. The van der Waals surface area contributed by atoms with Gasteiger partial charge in [-0.3, -0.25) is 19.4 Å². The number of benzene rings is 4. The third-order valence-corrected chi connectivity index (χ3v) is 7.70. The van der Waals surface area contributed by atoms with E-state index in [1.54, 1.807) is 46.2 Å². The number of allylic oxidation sites excluding steroid dienone is 1. The van der Waals surface area contributed by atoms with Gasteiger partial charge in [0.2, 0.25) is 5.91 Å². The van der Waals surface area contributed by atoms with Gasteiger partial charge in [-0.05, 0) is 55.8 Å². The molecule has 0 radical (unpaired) electrons. The minimum atomic E-state index is -0.0915. The van der Waals surface area contributed by atoms with Gasteiger partial charge in [-0.1, -0.05) is 101 Å². The molecule has 0 fully saturated rings. The number of halogens is 4. The van der Waals surface area contributed by atoms with Gasteiger partial charge in [0.05, 0.1) is 49.3 Å². The van der Waals surface area contributed by atoms with Gasteiger partial charge in [0, 0.05) is 11.1 Å². The van der Waals surface area contributed by atoms with Crippen LogP contribution in [0.4, 0.5) is 22.7 Å². The highest BCUT2D eigenvalue weighted by Gasteiger charge is 2.36. The number of rotatable bonds is 2. The van der Waals surface area contributed by atoms with Crippen LogP contribution in [-0.2, 0) is 16.0 Å². The van der Waals surface area contributed by atoms with Crippen LogP contribution in [0.1, 0.15) is 25.0 Å². The molecule has 39 heavy (non-hydrogen) atoms. The van der Waals surface area contributed by atoms with Gasteiger partial charge in [0.25, 0.3) is 5.91 Å². The molecule has 2 aliphatic heterocycles. The van der Waals surface area contributed by atoms with Crippen LogP contribution in [0.3, 0.4) is 0 Å². The molecule has 0 atom stereocenters. The van der Waals surface area contributed by atoms with E-state index in [1.165, 1.54) is 0 Å². The van der Waals surface area contributed by atoms with E-state index in [0.717, 1.165) is 28.1 Å². The summed E-state index contributed by atoms with van der Waals surface area (Å²) in [6.07, 6.45) is 0.387. The molecule has 8 heteroatoms. The number of hydrogen-bond acceptors (Lipinski definition) is 2. The van der Waals surface area contributed by atoms with Gasteiger partial charge < -0.3 is 0 Å². The highest BCUT2D eigenvalue weighted by molar-refractivity contribution is 6.44. The lowest BCUT2D eigenvalue weighted by Crippen LogP contribution is -2.21. The van der Waals surface area contributed by atoms with Crippen LogP contribution in [0.5, 0.6) is 0 Å². The van der Waals surface area contributed by atoms with Crippen molar-refractivity contribution >= 4 is 86.5 Å². The molecule has 0 unspecified atom stereocenters. The van der Waals surface area contributed by atoms with Gasteiger partial charge >= 0.3 is 0 Å². The van der Waals surface area contributed by atoms with E-state index in [1.807, 2.05) is 62.4 Å². The van der Waals surface area contributed by atoms with Crippen molar-refractivity contribution in [3.8, 4) is 0 Å². The second-order valence-electron chi connectivity index (χ2n) is 9.21. The highest BCUT2D eigenvalue weighted by Crippen LogP contribution is 2.47. The Kier molecular flexibility index (Phi) is 7.75. The monoisotopic (exact) mass is 594 g/mol. The largest absolute Gasteiger partial charge is 0.277 e. The average Bonchev–Trinajstić information content (AvgIpc) is 3.38. The smallest absolute Gasteiger partial charge is 0.263 e. The summed E-state index contributed by atoms with van der Waals surface area (Å²) in [6.45, 7) is 3.86. The van der Waals surface area contributed by atoms with Crippen LogP contribution in [0, 0.1) is 0 Å². The Balaban J connectivity index is 0.000000160. The van der Waals surface area contributed by atoms with Crippen LogP contribution < -0.4 is 9.80 Å². The molecule has 0 aliphatic carbocycles. The lowest BCUT2D eigenvalue weighted by molar-refractivity contribution is -0.116. The molecule has 0 saturated heterocycles. The molecular weight excluding hydrogens is 574 g/mol. The summed E-state index contributed by atoms with van der Waals surface area (Å²) >= 11 is 24.9. The van der Waals surface area contributed by atoms with Crippen molar-refractivity contribution in [2.45, 2.75) is 20.3 Å².